The van der Waals surface area contributed by atoms with Gasteiger partial charge >= 0.3 is 0 Å². The maximum Gasteiger partial charge on any atom is 0.249 e. The van der Waals surface area contributed by atoms with Crippen LogP contribution in [0, 0.1) is 6.92 Å². The molecule has 30 heavy (non-hydrogen) atoms. The molecule has 1 unspecified atom stereocenters. The summed E-state index contributed by atoms with van der Waals surface area (Å²) in [6, 6.07) is 13.2. The molecule has 1 aliphatic heterocycles. The maximum atomic E-state index is 13.0. The summed E-state index contributed by atoms with van der Waals surface area (Å²) in [6.07, 6.45) is 2.10. The predicted octanol–water partition coefficient (Wildman–Crippen LogP) is 3.97. The van der Waals surface area contributed by atoms with E-state index in [-0.39, 0.29) is 11.9 Å². The second-order valence-corrected chi connectivity index (χ2v) is 7.37. The molecule has 1 saturated heterocycles. The summed E-state index contributed by atoms with van der Waals surface area (Å²) in [5.41, 5.74) is 2.93. The van der Waals surface area contributed by atoms with Gasteiger partial charge in [-0.15, -0.1) is 0 Å². The van der Waals surface area contributed by atoms with E-state index >= 15 is 0 Å². The molecule has 0 aliphatic carbocycles. The Hall–Kier alpha value is -3.35. The summed E-state index contributed by atoms with van der Waals surface area (Å²) >= 11 is 0. The third-order valence-electron chi connectivity index (χ3n) is 5.54. The molecule has 0 spiro atoms. The Morgan fingerprint density at radius 1 is 1.17 bits per heavy atom. The lowest BCUT2D eigenvalue weighted by atomic mass is 10.1. The highest BCUT2D eigenvalue weighted by Gasteiger charge is 2.34. The lowest BCUT2D eigenvalue weighted by molar-refractivity contribution is -0.131. The van der Waals surface area contributed by atoms with Gasteiger partial charge in [0.25, 0.3) is 0 Å². The molecule has 1 fully saturated rings. The van der Waals surface area contributed by atoms with E-state index in [4.69, 9.17) is 14.0 Å². The van der Waals surface area contributed by atoms with Crippen LogP contribution in [0.25, 0.3) is 11.4 Å². The first-order valence-corrected chi connectivity index (χ1v) is 10.0. The SMILES string of the molecule is COc1ccc(-c2noc(C3CCCN3C(=O)Cc3ccccc3C)n2)cc1OC. The van der Waals surface area contributed by atoms with E-state index < -0.39 is 0 Å². The maximum absolute atomic E-state index is 13.0. The Kier molecular flexibility index (Phi) is 5.70. The van der Waals surface area contributed by atoms with Gasteiger partial charge in [0.15, 0.2) is 11.5 Å². The zero-order chi connectivity index (χ0) is 21.1. The van der Waals surface area contributed by atoms with Crippen molar-refractivity contribution in [3.8, 4) is 22.9 Å². The van der Waals surface area contributed by atoms with E-state index in [2.05, 4.69) is 10.1 Å². The monoisotopic (exact) mass is 407 g/mol. The van der Waals surface area contributed by atoms with E-state index in [0.717, 1.165) is 29.5 Å². The highest BCUT2D eigenvalue weighted by molar-refractivity contribution is 5.79. The molecule has 2 heterocycles. The van der Waals surface area contributed by atoms with Gasteiger partial charge in [-0.1, -0.05) is 29.4 Å². The summed E-state index contributed by atoms with van der Waals surface area (Å²) in [5, 5.41) is 4.13. The number of aryl methyl sites for hydroxylation is 1. The Labute approximate surface area is 175 Å². The van der Waals surface area contributed by atoms with Crippen LogP contribution in [0.15, 0.2) is 47.0 Å². The first kappa shape index (κ1) is 19.9. The first-order chi connectivity index (χ1) is 14.6. The van der Waals surface area contributed by atoms with Crippen LogP contribution in [0.3, 0.4) is 0 Å². The number of likely N-dealkylation sites (tertiary alicyclic amines) is 1. The topological polar surface area (TPSA) is 77.7 Å². The zero-order valence-corrected chi connectivity index (χ0v) is 17.4. The van der Waals surface area contributed by atoms with Crippen molar-refractivity contribution in [2.45, 2.75) is 32.2 Å². The quantitative estimate of drug-likeness (QED) is 0.615. The summed E-state index contributed by atoms with van der Waals surface area (Å²) in [7, 11) is 3.17. The van der Waals surface area contributed by atoms with Crippen molar-refractivity contribution >= 4 is 5.91 Å². The Balaban J connectivity index is 1.54. The van der Waals surface area contributed by atoms with E-state index in [0.29, 0.717) is 36.2 Å². The van der Waals surface area contributed by atoms with Crippen LogP contribution in [-0.4, -0.2) is 41.7 Å². The van der Waals surface area contributed by atoms with Crippen molar-refractivity contribution in [1.82, 2.24) is 15.0 Å². The van der Waals surface area contributed by atoms with Crippen molar-refractivity contribution in [2.24, 2.45) is 0 Å². The highest BCUT2D eigenvalue weighted by Crippen LogP contribution is 2.35. The molecule has 1 aromatic heterocycles. The lowest BCUT2D eigenvalue weighted by Crippen LogP contribution is -2.32. The van der Waals surface area contributed by atoms with Crippen molar-refractivity contribution in [3.63, 3.8) is 0 Å². The second kappa shape index (κ2) is 8.57. The van der Waals surface area contributed by atoms with Gasteiger partial charge < -0.3 is 18.9 Å². The summed E-state index contributed by atoms with van der Waals surface area (Å²) in [5.74, 6) is 2.24. The van der Waals surface area contributed by atoms with Crippen molar-refractivity contribution in [3.05, 3.63) is 59.5 Å². The molecule has 0 bridgehead atoms. The van der Waals surface area contributed by atoms with Crippen LogP contribution in [0.4, 0.5) is 0 Å². The molecule has 1 amide bonds. The molecule has 1 aliphatic rings. The molecule has 0 saturated carbocycles. The fourth-order valence-corrected chi connectivity index (χ4v) is 3.86. The number of hydrogen-bond acceptors (Lipinski definition) is 6. The van der Waals surface area contributed by atoms with Crippen molar-refractivity contribution in [2.75, 3.05) is 20.8 Å². The number of nitrogens with zero attached hydrogens (tertiary/aromatic N) is 3. The number of amides is 1. The molecule has 2 aromatic carbocycles. The Morgan fingerprint density at radius 3 is 2.73 bits per heavy atom. The van der Waals surface area contributed by atoms with Crippen LogP contribution in [0.5, 0.6) is 11.5 Å². The normalized spacial score (nSPS) is 16.0. The number of benzene rings is 2. The van der Waals surface area contributed by atoms with Crippen molar-refractivity contribution < 1.29 is 18.8 Å². The van der Waals surface area contributed by atoms with E-state index in [9.17, 15) is 4.79 Å². The van der Waals surface area contributed by atoms with E-state index in [1.807, 2.05) is 48.2 Å². The standard InChI is InChI=1S/C23H25N3O4/c1-15-7-4-5-8-16(15)14-21(27)26-12-6-9-18(26)23-24-22(25-30-23)17-10-11-19(28-2)20(13-17)29-3/h4-5,7-8,10-11,13,18H,6,9,12,14H2,1-3H3. The van der Waals surface area contributed by atoms with Gasteiger partial charge in [-0.05, 0) is 49.1 Å². The minimum atomic E-state index is -0.192. The van der Waals surface area contributed by atoms with Gasteiger partial charge in [-0.25, -0.2) is 0 Å². The molecule has 0 radical (unpaired) electrons. The molecule has 3 aromatic rings. The number of carbonyl (C=O) groups excluding carboxylic acids is 1. The smallest absolute Gasteiger partial charge is 0.249 e. The molecule has 156 valence electrons. The number of carbonyl (C=O) groups is 1. The van der Waals surface area contributed by atoms with E-state index in [1.165, 1.54) is 0 Å². The van der Waals surface area contributed by atoms with Gasteiger partial charge in [-0.3, -0.25) is 4.79 Å². The molecule has 0 N–H and O–H groups in total. The summed E-state index contributed by atoms with van der Waals surface area (Å²) < 4.78 is 16.2. The average Bonchev–Trinajstić information content (AvgIpc) is 3.44. The fourth-order valence-electron chi connectivity index (χ4n) is 3.86. The number of hydrogen-bond donors (Lipinski definition) is 0. The van der Waals surface area contributed by atoms with Crippen LogP contribution in [-0.2, 0) is 11.2 Å². The van der Waals surface area contributed by atoms with Crippen LogP contribution in [0.2, 0.25) is 0 Å². The largest absolute Gasteiger partial charge is 0.493 e. The first-order valence-electron chi connectivity index (χ1n) is 10.0. The van der Waals surface area contributed by atoms with Gasteiger partial charge in [0, 0.05) is 12.1 Å². The lowest BCUT2D eigenvalue weighted by Gasteiger charge is -2.22. The van der Waals surface area contributed by atoms with Crippen LogP contribution in [0.1, 0.15) is 35.9 Å². The van der Waals surface area contributed by atoms with Gasteiger partial charge in [-0.2, -0.15) is 4.98 Å². The molecular weight excluding hydrogens is 382 g/mol. The van der Waals surface area contributed by atoms with Crippen molar-refractivity contribution in [1.29, 1.82) is 0 Å². The minimum Gasteiger partial charge on any atom is -0.493 e. The molecule has 4 rings (SSSR count). The predicted molar refractivity (Wildman–Crippen MR) is 111 cm³/mol. The number of ether oxygens (including phenoxy) is 2. The molecule has 1 atom stereocenters. The van der Waals surface area contributed by atoms with Gasteiger partial charge in [0.1, 0.15) is 6.04 Å². The third kappa shape index (κ3) is 3.87. The summed E-state index contributed by atoms with van der Waals surface area (Å²) in [6.45, 7) is 2.72. The zero-order valence-electron chi connectivity index (χ0n) is 17.4. The fraction of sp³-hybridized carbons (Fsp3) is 0.348. The molecule has 7 nitrogen and oxygen atoms in total. The number of rotatable bonds is 6. The van der Waals surface area contributed by atoms with Gasteiger partial charge in [0.05, 0.1) is 20.6 Å². The van der Waals surface area contributed by atoms with Crippen LogP contribution >= 0.6 is 0 Å². The molecule has 7 heteroatoms. The van der Waals surface area contributed by atoms with E-state index in [1.54, 1.807) is 20.3 Å². The summed E-state index contributed by atoms with van der Waals surface area (Å²) in [4.78, 5) is 19.4. The van der Waals surface area contributed by atoms with Gasteiger partial charge in [0.2, 0.25) is 17.6 Å². The third-order valence-corrected chi connectivity index (χ3v) is 5.54. The molecular formula is C23H25N3O4. The number of aromatic nitrogens is 2. The highest BCUT2D eigenvalue weighted by atomic mass is 16.5. The second-order valence-electron chi connectivity index (χ2n) is 7.37. The Bertz CT molecular complexity index is 1050. The minimum absolute atomic E-state index is 0.0812. The number of methoxy groups -OCH3 is 2. The Morgan fingerprint density at radius 2 is 1.97 bits per heavy atom. The van der Waals surface area contributed by atoms with Crippen LogP contribution < -0.4 is 9.47 Å². The average molecular weight is 407 g/mol.